The van der Waals surface area contributed by atoms with E-state index in [0.29, 0.717) is 17.2 Å². The predicted octanol–water partition coefficient (Wildman–Crippen LogP) is 0.800. The van der Waals surface area contributed by atoms with Gasteiger partial charge in [0.1, 0.15) is 23.7 Å². The number of nitrogens with one attached hydrogen (secondary N) is 2. The van der Waals surface area contributed by atoms with Crippen LogP contribution in [-0.2, 0) is 4.74 Å². The van der Waals surface area contributed by atoms with Crippen LogP contribution >= 0.6 is 0 Å². The summed E-state index contributed by atoms with van der Waals surface area (Å²) in [5.41, 5.74) is 0.534. The molecular weight excluding hydrogens is 378 g/mol. The number of carbonyl (C=O) groups excluding carboxylic acids is 1. The van der Waals surface area contributed by atoms with E-state index in [4.69, 9.17) is 14.2 Å². The van der Waals surface area contributed by atoms with Crippen molar-refractivity contribution in [1.82, 2.24) is 10.2 Å². The molecule has 2 aliphatic rings. The van der Waals surface area contributed by atoms with Crippen LogP contribution in [0, 0.1) is 0 Å². The standard InChI is InChI=1S/C20H31N3O6/c1-27-14-8-13(9-15(10-14)28-2)22-20(26)21-11-16-18(19(25)17(12-24)29-16)23-6-4-3-5-7-23/h8-10,16-19,24-25H,3-7,11-12H2,1-2H3,(H2,21,22,26). The summed E-state index contributed by atoms with van der Waals surface area (Å²) in [6.07, 6.45) is 1.51. The molecule has 1 aromatic carbocycles. The maximum Gasteiger partial charge on any atom is 0.319 e. The zero-order chi connectivity index (χ0) is 20.8. The number of hydrogen-bond donors (Lipinski definition) is 4. The third-order valence-corrected chi connectivity index (χ3v) is 5.53. The number of ether oxygens (including phenoxy) is 3. The van der Waals surface area contributed by atoms with Gasteiger partial charge in [0, 0.05) is 30.4 Å². The lowest BCUT2D eigenvalue weighted by molar-refractivity contribution is -0.0205. The van der Waals surface area contributed by atoms with Gasteiger partial charge in [0.15, 0.2) is 0 Å². The highest BCUT2D eigenvalue weighted by Gasteiger charge is 2.46. The lowest BCUT2D eigenvalue weighted by Crippen LogP contribution is -2.52. The fourth-order valence-electron chi connectivity index (χ4n) is 4.06. The summed E-state index contributed by atoms with van der Waals surface area (Å²) in [6, 6.07) is 4.45. The molecule has 4 unspecified atom stereocenters. The van der Waals surface area contributed by atoms with Crippen molar-refractivity contribution in [1.29, 1.82) is 0 Å². The third-order valence-electron chi connectivity index (χ3n) is 5.53. The summed E-state index contributed by atoms with van der Waals surface area (Å²) in [4.78, 5) is 14.6. The summed E-state index contributed by atoms with van der Waals surface area (Å²) in [7, 11) is 3.08. The number of aliphatic hydroxyl groups excluding tert-OH is 2. The monoisotopic (exact) mass is 409 g/mol. The fraction of sp³-hybridized carbons (Fsp3) is 0.650. The summed E-state index contributed by atoms with van der Waals surface area (Å²) in [5.74, 6) is 1.13. The topological polar surface area (TPSA) is 113 Å². The molecule has 162 valence electrons. The number of likely N-dealkylation sites (tertiary alicyclic amines) is 1. The van der Waals surface area contributed by atoms with Gasteiger partial charge in [0.2, 0.25) is 0 Å². The maximum atomic E-state index is 12.4. The van der Waals surface area contributed by atoms with Crippen molar-refractivity contribution >= 4 is 11.7 Å². The minimum absolute atomic E-state index is 0.224. The molecule has 4 atom stereocenters. The fourth-order valence-corrected chi connectivity index (χ4v) is 4.06. The predicted molar refractivity (Wildman–Crippen MR) is 108 cm³/mol. The third kappa shape index (κ3) is 5.30. The Morgan fingerprint density at radius 1 is 1.14 bits per heavy atom. The molecule has 2 aliphatic heterocycles. The molecule has 0 spiro atoms. The number of rotatable bonds is 7. The van der Waals surface area contributed by atoms with Gasteiger partial charge >= 0.3 is 6.03 Å². The number of methoxy groups -OCH3 is 2. The Morgan fingerprint density at radius 2 is 1.79 bits per heavy atom. The summed E-state index contributed by atoms with van der Waals surface area (Å²) < 4.78 is 16.3. The van der Waals surface area contributed by atoms with Gasteiger partial charge in [-0.25, -0.2) is 4.79 Å². The van der Waals surface area contributed by atoms with E-state index in [1.54, 1.807) is 32.4 Å². The Bertz CT molecular complexity index is 660. The van der Waals surface area contributed by atoms with Gasteiger partial charge in [-0.15, -0.1) is 0 Å². The molecule has 0 bridgehead atoms. The molecule has 0 aromatic heterocycles. The zero-order valence-corrected chi connectivity index (χ0v) is 17.0. The van der Waals surface area contributed by atoms with E-state index < -0.39 is 24.3 Å². The molecule has 2 heterocycles. The molecule has 0 radical (unpaired) electrons. The van der Waals surface area contributed by atoms with Gasteiger partial charge in [0.25, 0.3) is 0 Å². The SMILES string of the molecule is COc1cc(NC(=O)NCC2OC(CO)C(O)C2N2CCCCC2)cc(OC)c1. The number of anilines is 1. The molecule has 2 amide bonds. The van der Waals surface area contributed by atoms with Gasteiger partial charge in [-0.1, -0.05) is 6.42 Å². The Balaban J connectivity index is 1.60. The Kier molecular flexibility index (Phi) is 7.54. The van der Waals surface area contributed by atoms with E-state index in [-0.39, 0.29) is 19.2 Å². The van der Waals surface area contributed by atoms with Crippen molar-refractivity contribution in [3.8, 4) is 11.5 Å². The number of benzene rings is 1. The highest BCUT2D eigenvalue weighted by molar-refractivity contribution is 5.89. The first kappa shape index (κ1) is 21.6. The van der Waals surface area contributed by atoms with Crippen LogP contribution in [0.2, 0.25) is 0 Å². The first-order chi connectivity index (χ1) is 14.0. The first-order valence-corrected chi connectivity index (χ1v) is 10.0. The Hall–Kier alpha value is -2.07. The lowest BCUT2D eigenvalue weighted by Gasteiger charge is -2.36. The van der Waals surface area contributed by atoms with Crippen LogP contribution in [0.1, 0.15) is 19.3 Å². The number of urea groups is 1. The second kappa shape index (κ2) is 10.1. The second-order valence-corrected chi connectivity index (χ2v) is 7.41. The quantitative estimate of drug-likeness (QED) is 0.527. The molecular formula is C20H31N3O6. The van der Waals surface area contributed by atoms with Crippen LogP contribution in [0.4, 0.5) is 10.5 Å². The minimum atomic E-state index is -0.782. The van der Waals surface area contributed by atoms with Crippen LogP contribution in [0.5, 0.6) is 11.5 Å². The maximum absolute atomic E-state index is 12.4. The van der Waals surface area contributed by atoms with Gasteiger partial charge < -0.3 is 35.1 Å². The molecule has 29 heavy (non-hydrogen) atoms. The molecule has 9 heteroatoms. The van der Waals surface area contributed by atoms with Crippen molar-refractivity contribution in [3.05, 3.63) is 18.2 Å². The number of hydrogen-bond acceptors (Lipinski definition) is 7. The van der Waals surface area contributed by atoms with E-state index in [1.165, 1.54) is 6.42 Å². The lowest BCUT2D eigenvalue weighted by atomic mass is 9.99. The van der Waals surface area contributed by atoms with E-state index in [1.807, 2.05) is 0 Å². The summed E-state index contributed by atoms with van der Waals surface area (Å²) >= 11 is 0. The largest absolute Gasteiger partial charge is 0.497 e. The molecule has 2 saturated heterocycles. The number of carbonyl (C=O) groups is 1. The molecule has 4 N–H and O–H groups in total. The second-order valence-electron chi connectivity index (χ2n) is 7.41. The Labute approximate surface area is 170 Å². The van der Waals surface area contributed by atoms with Crippen LogP contribution in [0.25, 0.3) is 0 Å². The molecule has 1 aromatic rings. The number of amides is 2. The van der Waals surface area contributed by atoms with E-state index in [2.05, 4.69) is 15.5 Å². The van der Waals surface area contributed by atoms with Crippen molar-refractivity contribution in [2.45, 2.75) is 43.6 Å². The van der Waals surface area contributed by atoms with E-state index >= 15 is 0 Å². The average molecular weight is 409 g/mol. The van der Waals surface area contributed by atoms with E-state index in [9.17, 15) is 15.0 Å². The van der Waals surface area contributed by atoms with Gasteiger partial charge in [-0.05, 0) is 25.9 Å². The normalized spacial score (nSPS) is 27.4. The summed E-state index contributed by atoms with van der Waals surface area (Å²) in [5, 5.41) is 25.7. The van der Waals surface area contributed by atoms with Crippen LogP contribution in [-0.4, -0.2) is 86.0 Å². The van der Waals surface area contributed by atoms with Crippen LogP contribution in [0.3, 0.4) is 0 Å². The molecule has 2 fully saturated rings. The van der Waals surface area contributed by atoms with Crippen molar-refractivity contribution in [3.63, 3.8) is 0 Å². The highest BCUT2D eigenvalue weighted by Crippen LogP contribution is 2.28. The first-order valence-electron chi connectivity index (χ1n) is 10.0. The van der Waals surface area contributed by atoms with Gasteiger partial charge in [-0.2, -0.15) is 0 Å². The smallest absolute Gasteiger partial charge is 0.319 e. The van der Waals surface area contributed by atoms with Crippen molar-refractivity contribution in [2.75, 3.05) is 45.8 Å². The molecule has 0 saturated carbocycles. The van der Waals surface area contributed by atoms with Crippen molar-refractivity contribution < 1.29 is 29.2 Å². The molecule has 9 nitrogen and oxygen atoms in total. The number of piperidine rings is 1. The number of aliphatic hydroxyl groups is 2. The van der Waals surface area contributed by atoms with Crippen LogP contribution in [0.15, 0.2) is 18.2 Å². The van der Waals surface area contributed by atoms with Gasteiger partial charge in [0.05, 0.1) is 33.0 Å². The number of nitrogens with zero attached hydrogens (tertiary/aromatic N) is 1. The molecule has 3 rings (SSSR count). The minimum Gasteiger partial charge on any atom is -0.497 e. The highest BCUT2D eigenvalue weighted by atomic mass is 16.5. The van der Waals surface area contributed by atoms with E-state index in [0.717, 1.165) is 25.9 Å². The molecule has 0 aliphatic carbocycles. The van der Waals surface area contributed by atoms with Crippen molar-refractivity contribution in [2.24, 2.45) is 0 Å². The summed E-state index contributed by atoms with van der Waals surface area (Å²) in [6.45, 7) is 1.74. The van der Waals surface area contributed by atoms with Crippen LogP contribution < -0.4 is 20.1 Å². The Morgan fingerprint density at radius 3 is 2.38 bits per heavy atom. The van der Waals surface area contributed by atoms with Gasteiger partial charge in [-0.3, -0.25) is 4.90 Å². The average Bonchev–Trinajstić information content (AvgIpc) is 3.07. The zero-order valence-electron chi connectivity index (χ0n) is 17.0.